The molecule has 0 aliphatic carbocycles. The SMILES string of the molecule is Cn1c(-c2cc(C(C)(C)C)cc(C(C)(C)C)c2O)nc2c(-c3cc(-c4cc(-c5ccccc5)c([Si](C)(C)C)cn4)c4oc5ccccc5c4c3)cccc21. The molecular formula is C48H49N3O2Si. The number of aryl methyl sites for hydroxylation is 1. The highest BCUT2D eigenvalue weighted by Crippen LogP contribution is 2.45. The van der Waals surface area contributed by atoms with Gasteiger partial charge >= 0.3 is 0 Å². The van der Waals surface area contributed by atoms with E-state index in [1.54, 1.807) is 0 Å². The average molecular weight is 728 g/mol. The van der Waals surface area contributed by atoms with Crippen LogP contribution in [0.3, 0.4) is 0 Å². The Morgan fingerprint density at radius 2 is 1.39 bits per heavy atom. The van der Waals surface area contributed by atoms with Crippen molar-refractivity contribution in [2.75, 3.05) is 0 Å². The number of fused-ring (bicyclic) bond motifs is 4. The first-order valence-corrected chi connectivity index (χ1v) is 22.4. The van der Waals surface area contributed by atoms with Crippen molar-refractivity contribution in [2.24, 2.45) is 7.05 Å². The fourth-order valence-electron chi connectivity index (χ4n) is 7.73. The molecule has 0 fully saturated rings. The first-order chi connectivity index (χ1) is 25.5. The summed E-state index contributed by atoms with van der Waals surface area (Å²) < 4.78 is 8.77. The van der Waals surface area contributed by atoms with Crippen LogP contribution in [0.25, 0.3) is 77.9 Å². The number of benzene rings is 5. The third-order valence-electron chi connectivity index (χ3n) is 10.8. The highest BCUT2D eigenvalue weighted by molar-refractivity contribution is 6.89. The number of hydrogen-bond acceptors (Lipinski definition) is 4. The lowest BCUT2D eigenvalue weighted by Gasteiger charge is -2.27. The van der Waals surface area contributed by atoms with E-state index in [-0.39, 0.29) is 16.6 Å². The van der Waals surface area contributed by atoms with Gasteiger partial charge in [0.2, 0.25) is 0 Å². The number of phenols is 1. The number of furan rings is 1. The van der Waals surface area contributed by atoms with E-state index < -0.39 is 8.07 Å². The van der Waals surface area contributed by atoms with Crippen LogP contribution in [0.2, 0.25) is 19.6 Å². The van der Waals surface area contributed by atoms with E-state index in [1.165, 1.54) is 16.3 Å². The molecule has 5 aromatic carbocycles. The predicted molar refractivity (Wildman–Crippen MR) is 230 cm³/mol. The van der Waals surface area contributed by atoms with Gasteiger partial charge in [-0.1, -0.05) is 128 Å². The van der Waals surface area contributed by atoms with Crippen molar-refractivity contribution in [3.63, 3.8) is 0 Å². The summed E-state index contributed by atoms with van der Waals surface area (Å²) in [6, 6.07) is 36.2. The molecule has 0 amide bonds. The fraction of sp³-hybridized carbons (Fsp3) is 0.250. The van der Waals surface area contributed by atoms with Crippen LogP contribution in [0.15, 0.2) is 114 Å². The molecule has 0 saturated carbocycles. The van der Waals surface area contributed by atoms with Gasteiger partial charge in [0.1, 0.15) is 22.7 Å². The van der Waals surface area contributed by atoms with E-state index in [1.807, 2.05) is 19.2 Å². The largest absolute Gasteiger partial charge is 0.507 e. The Morgan fingerprint density at radius 1 is 0.667 bits per heavy atom. The second kappa shape index (κ2) is 12.6. The maximum atomic E-state index is 11.9. The maximum Gasteiger partial charge on any atom is 0.144 e. The van der Waals surface area contributed by atoms with Crippen LogP contribution in [0.1, 0.15) is 52.7 Å². The average Bonchev–Trinajstić information content (AvgIpc) is 3.67. The van der Waals surface area contributed by atoms with Gasteiger partial charge in [-0.3, -0.25) is 4.98 Å². The Bertz CT molecular complexity index is 2740. The van der Waals surface area contributed by atoms with Gasteiger partial charge in [0, 0.05) is 40.7 Å². The van der Waals surface area contributed by atoms with Crippen LogP contribution in [-0.4, -0.2) is 27.7 Å². The molecule has 8 rings (SSSR count). The summed E-state index contributed by atoms with van der Waals surface area (Å²) in [6.45, 7) is 20.2. The maximum absolute atomic E-state index is 11.9. The topological polar surface area (TPSA) is 64.1 Å². The first-order valence-electron chi connectivity index (χ1n) is 18.9. The smallest absolute Gasteiger partial charge is 0.144 e. The monoisotopic (exact) mass is 727 g/mol. The molecule has 0 atom stereocenters. The van der Waals surface area contributed by atoms with Gasteiger partial charge in [0.15, 0.2) is 0 Å². The molecule has 0 radical (unpaired) electrons. The molecule has 3 heterocycles. The van der Waals surface area contributed by atoms with Crippen molar-refractivity contribution < 1.29 is 9.52 Å². The molecule has 0 spiro atoms. The highest BCUT2D eigenvalue weighted by atomic mass is 28.3. The summed E-state index contributed by atoms with van der Waals surface area (Å²) >= 11 is 0. The van der Waals surface area contributed by atoms with Gasteiger partial charge in [-0.25, -0.2) is 4.98 Å². The lowest BCUT2D eigenvalue weighted by Crippen LogP contribution is -2.39. The number of para-hydroxylation sites is 2. The summed E-state index contributed by atoms with van der Waals surface area (Å²) in [5.74, 6) is 1.02. The minimum atomic E-state index is -1.74. The van der Waals surface area contributed by atoms with Crippen LogP contribution in [0.4, 0.5) is 0 Å². The molecular weight excluding hydrogens is 679 g/mol. The van der Waals surface area contributed by atoms with E-state index >= 15 is 0 Å². The van der Waals surface area contributed by atoms with Crippen molar-refractivity contribution in [3.8, 4) is 50.6 Å². The number of imidazole rings is 1. The van der Waals surface area contributed by atoms with Crippen molar-refractivity contribution >= 4 is 46.2 Å². The van der Waals surface area contributed by atoms with Crippen LogP contribution in [0.5, 0.6) is 5.75 Å². The summed E-state index contributed by atoms with van der Waals surface area (Å²) in [6.07, 6.45) is 2.10. The molecule has 0 aliphatic heterocycles. The summed E-state index contributed by atoms with van der Waals surface area (Å²) in [4.78, 5) is 10.5. The van der Waals surface area contributed by atoms with Gasteiger partial charge in [0.05, 0.1) is 30.4 Å². The van der Waals surface area contributed by atoms with Gasteiger partial charge in [0.25, 0.3) is 0 Å². The summed E-state index contributed by atoms with van der Waals surface area (Å²) in [7, 11) is 0.307. The van der Waals surface area contributed by atoms with E-state index in [0.29, 0.717) is 0 Å². The molecule has 3 aromatic heterocycles. The number of nitrogens with zero attached hydrogens (tertiary/aromatic N) is 3. The second-order valence-electron chi connectivity index (χ2n) is 17.8. The number of aromatic hydroxyl groups is 1. The molecule has 0 bridgehead atoms. The van der Waals surface area contributed by atoms with Gasteiger partial charge in [-0.2, -0.15) is 0 Å². The van der Waals surface area contributed by atoms with E-state index in [9.17, 15) is 5.11 Å². The number of phenolic OH excluding ortho intramolecular Hbond substituents is 1. The van der Waals surface area contributed by atoms with E-state index in [2.05, 4.69) is 163 Å². The standard InChI is InChI=1S/C48H49N3O2Si/c1-47(2,3)31-25-37(44(52)38(26-31)48(4,5)6)46-50-43-32(20-16-21-40(43)51(46)7)30-23-35-33-19-14-15-22-41(33)53-45(35)36(24-30)39-27-34(29-17-12-11-13-18-29)42(28-49-39)54(8,9)10/h11-28,52H,1-10H3. The highest BCUT2D eigenvalue weighted by Gasteiger charge is 2.28. The van der Waals surface area contributed by atoms with Gasteiger partial charge in [-0.15, -0.1) is 0 Å². The quantitative estimate of drug-likeness (QED) is 0.179. The van der Waals surface area contributed by atoms with Crippen LogP contribution in [0, 0.1) is 0 Å². The minimum absolute atomic E-state index is 0.112. The summed E-state index contributed by atoms with van der Waals surface area (Å²) in [5, 5.41) is 15.3. The Labute approximate surface area is 319 Å². The zero-order valence-electron chi connectivity index (χ0n) is 33.1. The van der Waals surface area contributed by atoms with Gasteiger partial charge in [-0.05, 0) is 74.7 Å². The minimum Gasteiger partial charge on any atom is -0.507 e. The van der Waals surface area contributed by atoms with E-state index in [4.69, 9.17) is 14.4 Å². The normalized spacial score (nSPS) is 12.7. The Kier molecular flexibility index (Phi) is 8.27. The zero-order valence-corrected chi connectivity index (χ0v) is 34.1. The molecule has 5 nitrogen and oxygen atoms in total. The predicted octanol–water partition coefficient (Wildman–Crippen LogP) is 12.4. The van der Waals surface area contributed by atoms with Crippen molar-refractivity contribution in [3.05, 3.63) is 120 Å². The van der Waals surface area contributed by atoms with Gasteiger partial charge < -0.3 is 14.1 Å². The van der Waals surface area contributed by atoms with Crippen LogP contribution in [-0.2, 0) is 17.9 Å². The second-order valence-corrected chi connectivity index (χ2v) is 22.9. The summed E-state index contributed by atoms with van der Waals surface area (Å²) in [5.41, 5.74) is 12.2. The zero-order chi connectivity index (χ0) is 38.3. The van der Waals surface area contributed by atoms with Crippen molar-refractivity contribution in [2.45, 2.75) is 72.0 Å². The van der Waals surface area contributed by atoms with Crippen molar-refractivity contribution in [1.82, 2.24) is 14.5 Å². The lowest BCUT2D eigenvalue weighted by atomic mass is 9.79. The molecule has 8 aromatic rings. The fourth-order valence-corrected chi connectivity index (χ4v) is 9.20. The molecule has 1 N–H and O–H groups in total. The molecule has 54 heavy (non-hydrogen) atoms. The number of aromatic nitrogens is 3. The lowest BCUT2D eigenvalue weighted by molar-refractivity contribution is 0.446. The number of pyridine rings is 1. The number of hydrogen-bond donors (Lipinski definition) is 1. The molecule has 272 valence electrons. The van der Waals surface area contributed by atoms with E-state index in [0.717, 1.165) is 77.9 Å². The molecule has 6 heteroatoms. The number of rotatable bonds is 5. The third-order valence-corrected chi connectivity index (χ3v) is 12.8. The Hall–Kier alpha value is -5.46. The Morgan fingerprint density at radius 3 is 2.09 bits per heavy atom. The van der Waals surface area contributed by atoms with Crippen LogP contribution >= 0.6 is 0 Å². The molecule has 0 saturated heterocycles. The Balaban J connectivity index is 1.39. The van der Waals surface area contributed by atoms with Crippen molar-refractivity contribution in [1.29, 1.82) is 0 Å². The van der Waals surface area contributed by atoms with Crippen LogP contribution < -0.4 is 5.19 Å². The third kappa shape index (κ3) is 6.03. The first kappa shape index (κ1) is 35.6. The molecule has 0 aliphatic rings. The molecule has 0 unspecified atom stereocenters.